The van der Waals surface area contributed by atoms with Crippen LogP contribution in [0.2, 0.25) is 0 Å². The van der Waals surface area contributed by atoms with Gasteiger partial charge in [0.1, 0.15) is 0 Å². The second-order valence-corrected chi connectivity index (χ2v) is 4.23. The molecule has 2 atom stereocenters. The number of carboxylic acids is 1. The number of nitro groups is 1. The van der Waals surface area contributed by atoms with Gasteiger partial charge in [-0.15, -0.1) is 0 Å². The van der Waals surface area contributed by atoms with E-state index in [4.69, 9.17) is 9.84 Å². The lowest BCUT2D eigenvalue weighted by molar-refractivity contribution is -0.385. The molecule has 1 aliphatic heterocycles. The van der Waals surface area contributed by atoms with Gasteiger partial charge in [-0.25, -0.2) is 0 Å². The number of nitro benzene ring substituents is 1. The maximum absolute atomic E-state index is 11.1. The highest BCUT2D eigenvalue weighted by Crippen LogP contribution is 2.34. The Morgan fingerprint density at radius 1 is 1.50 bits per heavy atom. The van der Waals surface area contributed by atoms with E-state index >= 15 is 0 Å². The SMILES string of the molecule is O=C(O)C1CCCOC1c1cccc([N+](=O)[O-])c1. The molecule has 1 N–H and O–H groups in total. The quantitative estimate of drug-likeness (QED) is 0.656. The van der Waals surface area contributed by atoms with Crippen LogP contribution < -0.4 is 0 Å². The van der Waals surface area contributed by atoms with Crippen molar-refractivity contribution in [2.45, 2.75) is 18.9 Å². The summed E-state index contributed by atoms with van der Waals surface area (Å²) in [5, 5.41) is 19.8. The van der Waals surface area contributed by atoms with E-state index in [1.54, 1.807) is 12.1 Å². The molecule has 1 saturated heterocycles. The molecule has 0 aromatic heterocycles. The Hall–Kier alpha value is -1.95. The fourth-order valence-electron chi connectivity index (χ4n) is 2.18. The molecule has 6 nitrogen and oxygen atoms in total. The summed E-state index contributed by atoms with van der Waals surface area (Å²) in [6, 6.07) is 5.97. The smallest absolute Gasteiger partial charge is 0.309 e. The maximum Gasteiger partial charge on any atom is 0.309 e. The zero-order valence-corrected chi connectivity index (χ0v) is 9.61. The summed E-state index contributed by atoms with van der Waals surface area (Å²) >= 11 is 0. The van der Waals surface area contributed by atoms with E-state index < -0.39 is 22.9 Å². The van der Waals surface area contributed by atoms with Gasteiger partial charge < -0.3 is 9.84 Å². The highest BCUT2D eigenvalue weighted by Gasteiger charge is 2.33. The van der Waals surface area contributed by atoms with E-state index in [9.17, 15) is 14.9 Å². The summed E-state index contributed by atoms with van der Waals surface area (Å²) in [5.74, 6) is -1.56. The standard InChI is InChI=1S/C12H13NO5/c14-12(15)10-5-2-6-18-11(10)8-3-1-4-9(7-8)13(16)17/h1,3-4,7,10-11H,2,5-6H2,(H,14,15). The van der Waals surface area contributed by atoms with Gasteiger partial charge in [-0.2, -0.15) is 0 Å². The number of benzene rings is 1. The maximum atomic E-state index is 11.1. The van der Waals surface area contributed by atoms with Gasteiger partial charge in [-0.05, 0) is 18.4 Å². The molecular formula is C12H13NO5. The third kappa shape index (κ3) is 2.48. The normalized spacial score (nSPS) is 23.6. The lowest BCUT2D eigenvalue weighted by Gasteiger charge is -2.29. The minimum atomic E-state index is -0.925. The monoisotopic (exact) mass is 251 g/mol. The van der Waals surface area contributed by atoms with Crippen molar-refractivity contribution < 1.29 is 19.6 Å². The fraction of sp³-hybridized carbons (Fsp3) is 0.417. The van der Waals surface area contributed by atoms with E-state index in [0.717, 1.165) is 0 Å². The predicted molar refractivity (Wildman–Crippen MR) is 62.1 cm³/mol. The molecule has 0 saturated carbocycles. The highest BCUT2D eigenvalue weighted by atomic mass is 16.6. The van der Waals surface area contributed by atoms with Crippen LogP contribution in [0.4, 0.5) is 5.69 Å². The molecule has 0 spiro atoms. The van der Waals surface area contributed by atoms with Crippen LogP contribution >= 0.6 is 0 Å². The van der Waals surface area contributed by atoms with Crippen LogP contribution in [0.5, 0.6) is 0 Å². The van der Waals surface area contributed by atoms with Crippen molar-refractivity contribution in [3.8, 4) is 0 Å². The molecule has 2 rings (SSSR count). The Labute approximate surface area is 103 Å². The van der Waals surface area contributed by atoms with E-state index in [1.807, 2.05) is 0 Å². The minimum Gasteiger partial charge on any atom is -0.481 e. The molecule has 1 fully saturated rings. The zero-order chi connectivity index (χ0) is 13.1. The molecule has 0 amide bonds. The van der Waals surface area contributed by atoms with Crippen LogP contribution in [0.3, 0.4) is 0 Å². The second-order valence-electron chi connectivity index (χ2n) is 4.23. The fourth-order valence-corrected chi connectivity index (χ4v) is 2.18. The number of nitrogens with zero attached hydrogens (tertiary/aromatic N) is 1. The van der Waals surface area contributed by atoms with Gasteiger partial charge in [0.25, 0.3) is 5.69 Å². The molecule has 18 heavy (non-hydrogen) atoms. The lowest BCUT2D eigenvalue weighted by Crippen LogP contribution is -2.28. The summed E-state index contributed by atoms with van der Waals surface area (Å²) in [7, 11) is 0. The Balaban J connectivity index is 2.30. The molecular weight excluding hydrogens is 238 g/mol. The largest absolute Gasteiger partial charge is 0.481 e. The molecule has 2 unspecified atom stereocenters. The van der Waals surface area contributed by atoms with Crippen molar-refractivity contribution in [2.24, 2.45) is 5.92 Å². The number of rotatable bonds is 3. The molecule has 0 aliphatic carbocycles. The van der Waals surface area contributed by atoms with Crippen molar-refractivity contribution in [3.63, 3.8) is 0 Å². The van der Waals surface area contributed by atoms with Crippen molar-refractivity contribution in [3.05, 3.63) is 39.9 Å². The van der Waals surface area contributed by atoms with Crippen molar-refractivity contribution in [1.82, 2.24) is 0 Å². The minimum absolute atomic E-state index is 0.0502. The van der Waals surface area contributed by atoms with Gasteiger partial charge in [0.05, 0.1) is 16.9 Å². The molecule has 1 heterocycles. The topological polar surface area (TPSA) is 89.7 Å². The third-order valence-electron chi connectivity index (χ3n) is 3.05. The summed E-state index contributed by atoms with van der Waals surface area (Å²) in [6.07, 6.45) is 0.626. The molecule has 0 radical (unpaired) electrons. The molecule has 6 heteroatoms. The van der Waals surface area contributed by atoms with E-state index in [-0.39, 0.29) is 5.69 Å². The van der Waals surface area contributed by atoms with E-state index in [2.05, 4.69) is 0 Å². The van der Waals surface area contributed by atoms with Gasteiger partial charge >= 0.3 is 5.97 Å². The van der Waals surface area contributed by atoms with Crippen LogP contribution in [0.25, 0.3) is 0 Å². The Morgan fingerprint density at radius 3 is 2.94 bits per heavy atom. The Kier molecular flexibility index (Phi) is 3.57. The van der Waals surface area contributed by atoms with E-state index in [1.165, 1.54) is 12.1 Å². The number of carboxylic acid groups (broad SMARTS) is 1. The van der Waals surface area contributed by atoms with E-state index in [0.29, 0.717) is 25.0 Å². The first-order valence-corrected chi connectivity index (χ1v) is 5.68. The van der Waals surface area contributed by atoms with Crippen LogP contribution in [-0.4, -0.2) is 22.6 Å². The number of aliphatic carboxylic acids is 1. The van der Waals surface area contributed by atoms with Gasteiger partial charge in [0.15, 0.2) is 0 Å². The first-order chi connectivity index (χ1) is 8.59. The Bertz CT molecular complexity index is 473. The molecule has 1 aromatic rings. The number of non-ortho nitro benzene ring substituents is 1. The summed E-state index contributed by atoms with van der Waals surface area (Å²) in [4.78, 5) is 21.3. The Morgan fingerprint density at radius 2 is 2.28 bits per heavy atom. The molecule has 1 aromatic carbocycles. The van der Waals surface area contributed by atoms with Gasteiger partial charge in [0.2, 0.25) is 0 Å². The predicted octanol–water partition coefficient (Wildman–Crippen LogP) is 2.15. The summed E-state index contributed by atoms with van der Waals surface area (Å²) < 4.78 is 5.47. The zero-order valence-electron chi connectivity index (χ0n) is 9.61. The number of ether oxygens (including phenoxy) is 1. The van der Waals surface area contributed by atoms with Gasteiger partial charge in [-0.3, -0.25) is 14.9 Å². The summed E-state index contributed by atoms with van der Waals surface area (Å²) in [6.45, 7) is 0.483. The average molecular weight is 251 g/mol. The van der Waals surface area contributed by atoms with Crippen molar-refractivity contribution in [1.29, 1.82) is 0 Å². The van der Waals surface area contributed by atoms with Gasteiger partial charge in [-0.1, -0.05) is 12.1 Å². The highest BCUT2D eigenvalue weighted by molar-refractivity contribution is 5.71. The third-order valence-corrected chi connectivity index (χ3v) is 3.05. The summed E-state index contributed by atoms with van der Waals surface area (Å²) in [5.41, 5.74) is 0.502. The first kappa shape index (κ1) is 12.5. The first-order valence-electron chi connectivity index (χ1n) is 5.68. The van der Waals surface area contributed by atoms with Crippen LogP contribution in [0.1, 0.15) is 24.5 Å². The molecule has 0 bridgehead atoms. The van der Waals surface area contributed by atoms with Crippen molar-refractivity contribution in [2.75, 3.05) is 6.61 Å². The number of hydrogen-bond acceptors (Lipinski definition) is 4. The lowest BCUT2D eigenvalue weighted by atomic mass is 9.89. The number of carbonyl (C=O) groups is 1. The van der Waals surface area contributed by atoms with Crippen molar-refractivity contribution >= 4 is 11.7 Å². The van der Waals surface area contributed by atoms with Crippen LogP contribution in [0.15, 0.2) is 24.3 Å². The number of hydrogen-bond donors (Lipinski definition) is 1. The molecule has 1 aliphatic rings. The molecule has 96 valence electrons. The van der Waals surface area contributed by atoms with Crippen LogP contribution in [0, 0.1) is 16.0 Å². The second kappa shape index (κ2) is 5.14. The van der Waals surface area contributed by atoms with Crippen LogP contribution in [-0.2, 0) is 9.53 Å². The van der Waals surface area contributed by atoms with Gasteiger partial charge in [0, 0.05) is 18.7 Å². The average Bonchev–Trinajstić information content (AvgIpc) is 2.39.